The Balaban J connectivity index is 1.26. The molecule has 2 aromatic carbocycles. The third-order valence-corrected chi connectivity index (χ3v) is 7.34. The number of rotatable bonds is 7. The van der Waals surface area contributed by atoms with Crippen molar-refractivity contribution in [3.63, 3.8) is 0 Å². The molecule has 1 amide bonds. The summed E-state index contributed by atoms with van der Waals surface area (Å²) in [6.07, 6.45) is 0.594. The Hall–Kier alpha value is -3.04. The Morgan fingerprint density at radius 1 is 0.969 bits per heavy atom. The molecule has 2 heterocycles. The predicted octanol–water partition coefficient (Wildman–Crippen LogP) is 2.65. The maximum Gasteiger partial charge on any atom is 0.247 e. The Kier molecular flexibility index (Phi) is 6.66. The largest absolute Gasteiger partial charge is 0.421 e. The zero-order valence-corrected chi connectivity index (χ0v) is 18.8. The molecule has 0 bridgehead atoms. The molecule has 168 valence electrons. The Morgan fingerprint density at radius 3 is 2.34 bits per heavy atom. The summed E-state index contributed by atoms with van der Waals surface area (Å²) in [5.74, 6) is 0.783. The first kappa shape index (κ1) is 22.2. The molecule has 8 nitrogen and oxygen atoms in total. The van der Waals surface area contributed by atoms with Crippen molar-refractivity contribution in [2.75, 3.05) is 26.2 Å². The van der Waals surface area contributed by atoms with Crippen LogP contribution in [-0.2, 0) is 27.0 Å². The second-order valence-electron chi connectivity index (χ2n) is 7.89. The molecule has 1 aromatic heterocycles. The second-order valence-corrected chi connectivity index (χ2v) is 9.86. The quantitative estimate of drug-likeness (QED) is 0.545. The van der Waals surface area contributed by atoms with E-state index in [-0.39, 0.29) is 18.1 Å². The topological polar surface area (TPSA) is 96.6 Å². The van der Waals surface area contributed by atoms with Crippen LogP contribution < -0.4 is 0 Å². The first-order valence-corrected chi connectivity index (χ1v) is 12.2. The van der Waals surface area contributed by atoms with Gasteiger partial charge in [-0.2, -0.15) is 4.31 Å². The van der Waals surface area contributed by atoms with Crippen molar-refractivity contribution < 1.29 is 17.6 Å². The molecule has 1 aliphatic heterocycles. The van der Waals surface area contributed by atoms with E-state index in [0.29, 0.717) is 44.4 Å². The average molecular weight is 455 g/mol. The van der Waals surface area contributed by atoms with Crippen LogP contribution in [0.25, 0.3) is 11.5 Å². The SMILES string of the molecule is Cc1ccc(-c2nnc(CCC(=O)N3CCN(S(=O)(=O)Cc4ccccc4)CC3)o2)cc1. The number of piperazine rings is 1. The lowest BCUT2D eigenvalue weighted by Gasteiger charge is -2.34. The van der Waals surface area contributed by atoms with Gasteiger partial charge in [0.15, 0.2) is 0 Å². The van der Waals surface area contributed by atoms with Gasteiger partial charge in [0.25, 0.3) is 0 Å². The fourth-order valence-electron chi connectivity index (χ4n) is 3.63. The summed E-state index contributed by atoms with van der Waals surface area (Å²) in [4.78, 5) is 14.3. The zero-order chi connectivity index (χ0) is 22.6. The summed E-state index contributed by atoms with van der Waals surface area (Å²) in [6, 6.07) is 16.9. The lowest BCUT2D eigenvalue weighted by molar-refractivity contribution is -0.132. The van der Waals surface area contributed by atoms with Gasteiger partial charge in [-0.25, -0.2) is 8.42 Å². The van der Waals surface area contributed by atoms with E-state index < -0.39 is 10.0 Å². The molecular formula is C23H26N4O4S. The van der Waals surface area contributed by atoms with Gasteiger partial charge in [-0.05, 0) is 24.6 Å². The van der Waals surface area contributed by atoms with Gasteiger partial charge in [-0.15, -0.1) is 10.2 Å². The summed E-state index contributed by atoms with van der Waals surface area (Å²) in [5, 5.41) is 8.10. The van der Waals surface area contributed by atoms with Gasteiger partial charge < -0.3 is 9.32 Å². The molecule has 0 radical (unpaired) electrons. The van der Waals surface area contributed by atoms with E-state index in [1.165, 1.54) is 4.31 Å². The number of aryl methyl sites for hydroxylation is 2. The lowest BCUT2D eigenvalue weighted by atomic mass is 10.1. The van der Waals surface area contributed by atoms with Gasteiger partial charge in [-0.1, -0.05) is 48.0 Å². The molecule has 0 aliphatic carbocycles. The van der Waals surface area contributed by atoms with Crippen LogP contribution in [0.1, 0.15) is 23.4 Å². The van der Waals surface area contributed by atoms with Crippen LogP contribution in [0.4, 0.5) is 0 Å². The molecule has 0 atom stereocenters. The second kappa shape index (κ2) is 9.62. The smallest absolute Gasteiger partial charge is 0.247 e. The zero-order valence-electron chi connectivity index (χ0n) is 18.0. The number of aromatic nitrogens is 2. The van der Waals surface area contributed by atoms with E-state index in [9.17, 15) is 13.2 Å². The fraction of sp³-hybridized carbons (Fsp3) is 0.348. The van der Waals surface area contributed by atoms with Crippen LogP contribution in [0.3, 0.4) is 0 Å². The summed E-state index contributed by atoms with van der Waals surface area (Å²) in [7, 11) is -3.41. The number of benzene rings is 2. The van der Waals surface area contributed by atoms with Crippen molar-refractivity contribution in [1.29, 1.82) is 0 Å². The van der Waals surface area contributed by atoms with Gasteiger partial charge in [0.05, 0.1) is 5.75 Å². The molecule has 1 saturated heterocycles. The van der Waals surface area contributed by atoms with Crippen LogP contribution in [-0.4, -0.2) is 59.9 Å². The number of amides is 1. The lowest BCUT2D eigenvalue weighted by Crippen LogP contribution is -2.50. The van der Waals surface area contributed by atoms with E-state index in [4.69, 9.17) is 4.42 Å². The number of carbonyl (C=O) groups is 1. The van der Waals surface area contributed by atoms with Crippen LogP contribution in [0.2, 0.25) is 0 Å². The highest BCUT2D eigenvalue weighted by molar-refractivity contribution is 7.88. The highest BCUT2D eigenvalue weighted by Crippen LogP contribution is 2.19. The van der Waals surface area contributed by atoms with E-state index in [2.05, 4.69) is 10.2 Å². The van der Waals surface area contributed by atoms with Crippen molar-refractivity contribution in [2.24, 2.45) is 0 Å². The summed E-state index contributed by atoms with van der Waals surface area (Å²) in [6.45, 7) is 3.38. The first-order valence-electron chi connectivity index (χ1n) is 10.6. The van der Waals surface area contributed by atoms with Gasteiger partial charge in [0.1, 0.15) is 0 Å². The molecule has 9 heteroatoms. The molecule has 1 aliphatic rings. The minimum atomic E-state index is -3.41. The number of hydrogen-bond donors (Lipinski definition) is 0. The Labute approximate surface area is 187 Å². The number of hydrogen-bond acceptors (Lipinski definition) is 6. The van der Waals surface area contributed by atoms with Crippen molar-refractivity contribution in [1.82, 2.24) is 19.4 Å². The van der Waals surface area contributed by atoms with Crippen molar-refractivity contribution >= 4 is 15.9 Å². The third-order valence-electron chi connectivity index (χ3n) is 5.49. The van der Waals surface area contributed by atoms with Crippen molar-refractivity contribution in [3.05, 3.63) is 71.6 Å². The van der Waals surface area contributed by atoms with E-state index in [0.717, 1.165) is 16.7 Å². The highest BCUT2D eigenvalue weighted by atomic mass is 32.2. The maximum absolute atomic E-state index is 12.7. The van der Waals surface area contributed by atoms with Crippen molar-refractivity contribution in [3.8, 4) is 11.5 Å². The highest BCUT2D eigenvalue weighted by Gasteiger charge is 2.29. The monoisotopic (exact) mass is 454 g/mol. The Bertz CT molecular complexity index is 1150. The molecule has 1 fully saturated rings. The molecule has 0 spiro atoms. The standard InChI is InChI=1S/C23H26N4O4S/c1-18-7-9-20(10-8-18)23-25-24-21(31-23)11-12-22(28)26-13-15-27(16-14-26)32(29,30)17-19-5-3-2-4-6-19/h2-10H,11-17H2,1H3. The minimum Gasteiger partial charge on any atom is -0.421 e. The average Bonchev–Trinajstić information content (AvgIpc) is 3.27. The summed E-state index contributed by atoms with van der Waals surface area (Å²) < 4.78 is 32.5. The third kappa shape index (κ3) is 5.41. The van der Waals surface area contributed by atoms with E-state index in [1.807, 2.05) is 49.4 Å². The van der Waals surface area contributed by atoms with E-state index in [1.54, 1.807) is 17.0 Å². The molecular weight excluding hydrogens is 428 g/mol. The van der Waals surface area contributed by atoms with Crippen molar-refractivity contribution in [2.45, 2.75) is 25.5 Å². The van der Waals surface area contributed by atoms with Crippen LogP contribution in [0.15, 0.2) is 59.0 Å². The van der Waals surface area contributed by atoms with Crippen LogP contribution >= 0.6 is 0 Å². The van der Waals surface area contributed by atoms with Gasteiger partial charge in [0, 0.05) is 44.6 Å². The summed E-state index contributed by atoms with van der Waals surface area (Å²) in [5.41, 5.74) is 2.75. The predicted molar refractivity (Wildman–Crippen MR) is 120 cm³/mol. The molecule has 3 aromatic rings. The van der Waals surface area contributed by atoms with Crippen LogP contribution in [0, 0.1) is 6.92 Å². The van der Waals surface area contributed by atoms with E-state index >= 15 is 0 Å². The van der Waals surface area contributed by atoms with Crippen LogP contribution in [0.5, 0.6) is 0 Å². The molecule has 0 saturated carbocycles. The van der Waals surface area contributed by atoms with Gasteiger partial charge in [-0.3, -0.25) is 4.79 Å². The molecule has 0 N–H and O–H groups in total. The van der Waals surface area contributed by atoms with Gasteiger partial charge >= 0.3 is 0 Å². The first-order chi connectivity index (χ1) is 15.4. The Morgan fingerprint density at radius 2 is 1.66 bits per heavy atom. The number of sulfonamides is 1. The molecule has 0 unspecified atom stereocenters. The number of nitrogens with zero attached hydrogens (tertiary/aromatic N) is 4. The fourth-order valence-corrected chi connectivity index (χ4v) is 5.15. The summed E-state index contributed by atoms with van der Waals surface area (Å²) >= 11 is 0. The van der Waals surface area contributed by atoms with Gasteiger partial charge in [0.2, 0.25) is 27.7 Å². The normalized spacial score (nSPS) is 15.1. The number of carbonyl (C=O) groups excluding carboxylic acids is 1. The minimum absolute atomic E-state index is 0.0255. The maximum atomic E-state index is 12.7. The molecule has 32 heavy (non-hydrogen) atoms. The molecule has 4 rings (SSSR count).